The van der Waals surface area contributed by atoms with Crippen LogP contribution in [-0.4, -0.2) is 185 Å². The molecule has 12 aliphatic rings. The van der Waals surface area contributed by atoms with Crippen LogP contribution in [0.1, 0.15) is 321 Å². The minimum Gasteiger partial charge on any atom is -0.870 e. The van der Waals surface area contributed by atoms with E-state index in [0.29, 0.717) is 17.3 Å². The number of amides is 2. The molecule has 751 valence electrons. The number of piperidine rings is 5. The Balaban J connectivity index is 0.000000220. The van der Waals surface area contributed by atoms with Crippen molar-refractivity contribution in [2.24, 2.45) is 62.8 Å². The normalized spacial score (nSPS) is 23.8. The third-order valence-electron chi connectivity index (χ3n) is 31.7. The van der Waals surface area contributed by atoms with Gasteiger partial charge < -0.3 is 51.0 Å². The number of rotatable bonds is 10. The number of likely N-dealkylation sites (tertiary alicyclic amines) is 5. The van der Waals surface area contributed by atoms with E-state index in [1.807, 2.05) is 55.5 Å². The van der Waals surface area contributed by atoms with Crippen LogP contribution in [0, 0.1) is 144 Å². The monoisotopic (exact) mass is 2140 g/mol. The number of hydrogen-bond acceptors (Lipinski definition) is 16. The molecule has 0 saturated carbocycles. The molecule has 18 nitrogen and oxygen atoms in total. The average molecular weight is 2140 g/mol. The van der Waals surface area contributed by atoms with Crippen molar-refractivity contribution >= 4 is 58.8 Å². The summed E-state index contributed by atoms with van der Waals surface area (Å²) in [6, 6.07) is 43.7. The zero-order chi connectivity index (χ0) is 96.3. The zero-order valence-electron chi connectivity index (χ0n) is 87.1. The van der Waals surface area contributed by atoms with E-state index in [2.05, 4.69) is 235 Å². The van der Waals surface area contributed by atoms with Gasteiger partial charge in [-0.15, -0.1) is 12.4 Å². The van der Waals surface area contributed by atoms with Gasteiger partial charge in [0.2, 0.25) is 5.91 Å². The Morgan fingerprint density at radius 3 is 1.22 bits per heavy atom. The summed E-state index contributed by atoms with van der Waals surface area (Å²) < 4.78 is 0. The quantitative estimate of drug-likeness (QED) is 0.0369. The van der Waals surface area contributed by atoms with Gasteiger partial charge in [-0.2, -0.15) is 0 Å². The fourth-order valence-corrected chi connectivity index (χ4v) is 22.5. The maximum Gasteiger partial charge on any atom is 1.00 e. The maximum absolute atomic E-state index is 13.0. The molecule has 7 aromatic carbocycles. The third-order valence-corrected chi connectivity index (χ3v) is 31.7. The number of nitrogens with two attached hydrogens (primary N) is 1. The molecule has 5 unspecified atom stereocenters. The van der Waals surface area contributed by atoms with Crippen molar-refractivity contribution in [3.05, 3.63) is 251 Å². The minimum atomic E-state index is -0.284. The summed E-state index contributed by atoms with van der Waals surface area (Å²) >= 11 is 0. The second-order valence-corrected chi connectivity index (χ2v) is 44.2. The summed E-state index contributed by atoms with van der Waals surface area (Å²) in [7, 11) is 0. The van der Waals surface area contributed by atoms with Crippen LogP contribution in [-0.2, 0) is 49.7 Å². The van der Waals surface area contributed by atoms with Crippen molar-refractivity contribution in [2.75, 3.05) is 103 Å². The van der Waals surface area contributed by atoms with Crippen LogP contribution in [0.2, 0.25) is 0 Å². The first-order valence-electron chi connectivity index (χ1n) is 51.3. The van der Waals surface area contributed by atoms with Crippen molar-refractivity contribution in [3.8, 4) is 0 Å². The van der Waals surface area contributed by atoms with Crippen LogP contribution in [0.4, 0.5) is 5.69 Å². The molecule has 5 atom stereocenters. The van der Waals surface area contributed by atoms with Crippen LogP contribution < -0.4 is 46.1 Å². The molecular formula is C118H169AcClN9NaO9. The number of carbonyl (C=O) groups excluding carboxylic acids is 6. The number of benzene rings is 7. The van der Waals surface area contributed by atoms with Gasteiger partial charge in [0.25, 0.3) is 5.91 Å². The van der Waals surface area contributed by atoms with Gasteiger partial charge in [0.05, 0.1) is 16.7 Å². The molecular weight excluding hydrogens is 1970 g/mol. The zero-order valence-corrected chi connectivity index (χ0v) is 94.7. The van der Waals surface area contributed by atoms with Gasteiger partial charge in [-0.3, -0.25) is 28.8 Å². The molecule has 5 fully saturated rings. The molecule has 7 N–H and O–H groups in total. The van der Waals surface area contributed by atoms with E-state index in [-0.39, 0.29) is 144 Å². The van der Waals surface area contributed by atoms with Gasteiger partial charge in [0.15, 0.2) is 23.1 Å². The predicted octanol–water partition coefficient (Wildman–Crippen LogP) is 20.4. The van der Waals surface area contributed by atoms with Crippen molar-refractivity contribution in [3.63, 3.8) is 0 Å². The maximum atomic E-state index is 13.0. The van der Waals surface area contributed by atoms with Gasteiger partial charge in [0.1, 0.15) is 0 Å². The molecule has 7 heterocycles. The van der Waals surface area contributed by atoms with Crippen LogP contribution in [0.15, 0.2) is 145 Å². The number of fused-ring (bicyclic) bond motifs is 7. The largest absolute Gasteiger partial charge is 1.00 e. The summed E-state index contributed by atoms with van der Waals surface area (Å²) in [4.78, 5) is 86.6. The molecule has 7 aliphatic heterocycles. The van der Waals surface area contributed by atoms with E-state index in [9.17, 15) is 34.0 Å². The minimum absolute atomic E-state index is 0. The second kappa shape index (κ2) is 55.4. The van der Waals surface area contributed by atoms with Crippen LogP contribution in [0.25, 0.3) is 0 Å². The van der Waals surface area contributed by atoms with E-state index in [1.54, 1.807) is 0 Å². The number of allylic oxidation sites excluding steroid dienone is 1. The summed E-state index contributed by atoms with van der Waals surface area (Å²) in [5.41, 5.74) is 25.3. The Labute approximate surface area is 899 Å². The Morgan fingerprint density at radius 2 is 0.741 bits per heavy atom. The van der Waals surface area contributed by atoms with E-state index in [0.717, 1.165) is 235 Å². The molecule has 0 aromatic heterocycles. The Hall–Kier alpha value is -6.22. The molecule has 5 saturated heterocycles. The topological polar surface area (TPSA) is 252 Å². The van der Waals surface area contributed by atoms with Crippen molar-refractivity contribution in [2.45, 2.75) is 284 Å². The van der Waals surface area contributed by atoms with Crippen LogP contribution >= 0.6 is 12.4 Å². The van der Waals surface area contributed by atoms with E-state index < -0.39 is 0 Å². The smallest absolute Gasteiger partial charge is 0.870 e. The summed E-state index contributed by atoms with van der Waals surface area (Å²) in [5, 5.41) is 26.4. The summed E-state index contributed by atoms with van der Waals surface area (Å²) in [6.07, 6.45) is 27.6. The average Bonchev–Trinajstić information content (AvgIpc) is 1.75. The van der Waals surface area contributed by atoms with Crippen LogP contribution in [0.5, 0.6) is 0 Å². The molecule has 5 aliphatic carbocycles. The molecule has 21 heteroatoms. The van der Waals surface area contributed by atoms with E-state index >= 15 is 0 Å². The van der Waals surface area contributed by atoms with Gasteiger partial charge >= 0.3 is 29.6 Å². The number of hydrogen-bond donors (Lipinski definition) is 5. The van der Waals surface area contributed by atoms with Gasteiger partial charge in [-0.05, 0) is 368 Å². The molecule has 0 bridgehead atoms. The molecule has 7 aromatic rings. The van der Waals surface area contributed by atoms with Crippen LogP contribution in [0.3, 0.4) is 0 Å². The first-order chi connectivity index (χ1) is 64.0. The molecule has 139 heavy (non-hydrogen) atoms. The number of halogens is 1. The fourth-order valence-electron chi connectivity index (χ4n) is 22.5. The Kier molecular flexibility index (Phi) is 47.7. The van der Waals surface area contributed by atoms with Crippen molar-refractivity contribution < 1.29 is 118 Å². The fraction of sp³-hybridized carbons (Fsp3) is 0.568. The molecule has 1 radical (unpaired) electrons. The van der Waals surface area contributed by atoms with Gasteiger partial charge in [0, 0.05) is 139 Å². The number of nitrogens with one attached hydrogen (secondary N) is 2. The summed E-state index contributed by atoms with van der Waals surface area (Å²) in [6.45, 7) is 55.3. The Morgan fingerprint density at radius 1 is 0.396 bits per heavy atom. The number of anilines is 1. The number of ketones is 4. The van der Waals surface area contributed by atoms with E-state index in [4.69, 9.17) is 5.21 Å². The number of Topliss-reactive ketones (excluding diaryl/α,β-unsaturated/α-hetero) is 4. The van der Waals surface area contributed by atoms with Gasteiger partial charge in [-0.25, -0.2) is 5.90 Å². The van der Waals surface area contributed by atoms with Gasteiger partial charge in [-0.1, -0.05) is 222 Å². The number of aryl methyl sites for hydroxylation is 14. The second-order valence-electron chi connectivity index (χ2n) is 44.2. The molecule has 19 rings (SSSR count). The first-order valence-corrected chi connectivity index (χ1v) is 51.3. The molecule has 2 amide bonds. The predicted molar refractivity (Wildman–Crippen MR) is 564 cm³/mol. The SMILES string of the molecule is C.C=C1CCc2cc(C)ccc2C1=O.Cc1ccc2c(c1)CCC(C)(CN1CCC(C)CC1)/C2=N\O.Cc1ccc2c(c1)CCC(C)(CN1CCC(C)CC1)C(=O)N2.Cc1ccc2c(c1)CCC(C)(CN1CCC(C)CC1)C2=O.Cc1ccc2c(c1)CCC(C)(CN1CCC(C)CC1)NC2=O.Cc1ccc2c(c1)CCC(CN1CCC(C)CC1)C2=O.Cc1ccc2c(c1)CCCC2=O.Cl.NO.[Ac].[Na+].[OH-]. The summed E-state index contributed by atoms with van der Waals surface area (Å²) in [5.74, 6) is 9.43. The first kappa shape index (κ1) is 120. The van der Waals surface area contributed by atoms with E-state index in [1.165, 1.54) is 181 Å². The number of oxime groups is 1. The third kappa shape index (κ3) is 32.9. The molecule has 0 spiro atoms. The standard InChI is InChI=1S/3C19H28N2O.C19H27NO.C18H25NO.C12H12O.C11H12O.CH4.Ac.ClH.H3NO.Na.H2O/c1-14-7-10-21(11-8-14)13-19(3)9-6-16-12-15(2)4-5-17(16)20-18(19)22;1-14-7-10-21(11-8-14)13-19(3)9-6-16-12-15(2)4-5-17(16)18(22)20-19;1-14-7-10-21(11-8-14)13-19(3)9-6-16-12-15(2)4-5-17(16)18(19)20-22;1-14-7-10-20(11-8-14)13-19(3)9-6-16-12-15(2)4-5-17(16)18(19)21;1-13-7-9-19(10-8-13)12-16-5-4-15-11-14(2)3-6-17(15)18(16)20;1-8-3-6-11-10(7-8)5-4-9(2)12(11)13;1-8-5-6-10-9(7-8)3-2-4-11(10)12;;;;1-2;;/h2*4-5,12,14H,6-11,13H2,1-3H3,(H,20,22);4-5,12,14,22H,6-11,13H2,1-3H3;4-5,12,14H,6-11,13H2,1-3H3;3,6,11,13,16H,4-5,7-10,12H2,1-2H3;3,6-7H,2,4-5H2,1H3;5-7H,2-4H2,1H3;1H4;;1H;2H,1H2;;1H2/q;;;;;;;;;;;+1;/p-1/b;;20-18-;;;;;;;;;;. The van der Waals surface area contributed by atoms with Crippen molar-refractivity contribution in [1.82, 2.24) is 29.8 Å². The number of nitrogens with zero attached hydrogens (tertiary/aromatic N) is 6. The van der Waals surface area contributed by atoms with Crippen molar-refractivity contribution in [1.29, 1.82) is 0 Å². The number of carbonyl (C=O) groups is 6. The Bertz CT molecular complexity index is 5290.